The van der Waals surface area contributed by atoms with Crippen LogP contribution in [0.15, 0.2) is 36.1 Å². The van der Waals surface area contributed by atoms with E-state index in [1.807, 2.05) is 6.20 Å². The number of nitrogens with zero attached hydrogens (tertiary/aromatic N) is 5. The molecule has 0 unspecified atom stereocenters. The van der Waals surface area contributed by atoms with Crippen LogP contribution in [0.25, 0.3) is 0 Å². The number of methoxy groups -OCH3 is 1. The fraction of sp³-hybridized carbons (Fsp3) is 0.368. The Hall–Kier alpha value is -2.58. The molecule has 8 heteroatoms. The molecule has 0 saturated carbocycles. The molecule has 1 N–H and O–H groups in total. The van der Waals surface area contributed by atoms with Gasteiger partial charge in [0, 0.05) is 12.1 Å². The zero-order valence-corrected chi connectivity index (χ0v) is 16.2. The van der Waals surface area contributed by atoms with Crippen molar-refractivity contribution in [3.63, 3.8) is 0 Å². The summed E-state index contributed by atoms with van der Waals surface area (Å²) in [4.78, 5) is 11.6. The number of nitrogens with one attached hydrogen (secondary N) is 1. The molecule has 4 rings (SSSR count). The van der Waals surface area contributed by atoms with Crippen molar-refractivity contribution in [3.8, 4) is 5.75 Å². The van der Waals surface area contributed by atoms with E-state index in [9.17, 15) is 0 Å². The molecule has 1 aliphatic heterocycles. The average molecular weight is 382 g/mol. The van der Waals surface area contributed by atoms with E-state index >= 15 is 0 Å². The van der Waals surface area contributed by atoms with Crippen molar-refractivity contribution >= 4 is 22.3 Å². The highest BCUT2D eigenvalue weighted by Crippen LogP contribution is 2.34. The van der Waals surface area contributed by atoms with Crippen LogP contribution in [0.3, 0.4) is 0 Å². The average Bonchev–Trinajstić information content (AvgIpc) is 3.35. The Morgan fingerprint density at radius 1 is 1.33 bits per heavy atom. The molecule has 27 heavy (non-hydrogen) atoms. The molecule has 0 spiro atoms. The molecule has 1 aromatic carbocycles. The number of benzene rings is 1. The third kappa shape index (κ3) is 4.06. The second-order valence-corrected chi connectivity index (χ2v) is 7.48. The number of aryl methyl sites for hydroxylation is 1. The molecule has 3 heterocycles. The lowest BCUT2D eigenvalue weighted by Crippen LogP contribution is -2.24. The van der Waals surface area contributed by atoms with Gasteiger partial charge in [-0.05, 0) is 37.9 Å². The number of ether oxygens (including phenoxy) is 1. The van der Waals surface area contributed by atoms with E-state index in [0.717, 1.165) is 37.4 Å². The molecule has 2 aromatic heterocycles. The largest absolute Gasteiger partial charge is 0.496 e. The fourth-order valence-corrected chi connectivity index (χ4v) is 3.94. The van der Waals surface area contributed by atoms with E-state index in [1.165, 1.54) is 22.5 Å². The van der Waals surface area contributed by atoms with Gasteiger partial charge in [0.15, 0.2) is 5.82 Å². The summed E-state index contributed by atoms with van der Waals surface area (Å²) in [5.41, 5.74) is 5.07. The summed E-state index contributed by atoms with van der Waals surface area (Å²) in [6.07, 6.45) is 5.80. The summed E-state index contributed by atoms with van der Waals surface area (Å²) in [5, 5.41) is 11.7. The van der Waals surface area contributed by atoms with E-state index in [-0.39, 0.29) is 6.04 Å². The molecule has 3 aromatic rings. The zero-order valence-electron chi connectivity index (χ0n) is 15.4. The number of hydrogen-bond donors (Lipinski definition) is 1. The van der Waals surface area contributed by atoms with Crippen LogP contribution in [0.1, 0.15) is 35.7 Å². The first-order valence-electron chi connectivity index (χ1n) is 8.95. The summed E-state index contributed by atoms with van der Waals surface area (Å²) in [6.45, 7) is 3.96. The highest BCUT2D eigenvalue weighted by atomic mass is 32.1. The molecule has 140 valence electrons. The highest BCUT2D eigenvalue weighted by Gasteiger charge is 2.28. The summed E-state index contributed by atoms with van der Waals surface area (Å²) in [7, 11) is 1.73. The van der Waals surface area contributed by atoms with Crippen LogP contribution < -0.4 is 10.1 Å². The molecular formula is C19H22N6OS. The first-order chi connectivity index (χ1) is 13.2. The van der Waals surface area contributed by atoms with Crippen molar-refractivity contribution in [2.75, 3.05) is 19.0 Å². The number of aromatic nitrogens is 4. The van der Waals surface area contributed by atoms with Crippen LogP contribution in [0, 0.1) is 6.92 Å². The van der Waals surface area contributed by atoms with E-state index in [2.05, 4.69) is 50.5 Å². The smallest absolute Gasteiger partial charge is 0.211 e. The Morgan fingerprint density at radius 2 is 2.26 bits per heavy atom. The van der Waals surface area contributed by atoms with Gasteiger partial charge in [0.2, 0.25) is 5.13 Å². The number of hydrogen-bond acceptors (Lipinski definition) is 8. The second kappa shape index (κ2) is 7.98. The summed E-state index contributed by atoms with van der Waals surface area (Å²) in [5.74, 6) is 1.64. The predicted molar refractivity (Wildman–Crippen MR) is 105 cm³/mol. The molecule has 0 radical (unpaired) electrons. The Kier molecular flexibility index (Phi) is 5.26. The molecule has 0 bridgehead atoms. The normalized spacial score (nSPS) is 17.2. The molecule has 1 fully saturated rings. The molecule has 1 atom stereocenters. The van der Waals surface area contributed by atoms with Crippen molar-refractivity contribution < 1.29 is 4.74 Å². The van der Waals surface area contributed by atoms with Gasteiger partial charge < -0.3 is 10.1 Å². The van der Waals surface area contributed by atoms with E-state index in [0.29, 0.717) is 10.9 Å². The van der Waals surface area contributed by atoms with Crippen LogP contribution >= 0.6 is 11.3 Å². The van der Waals surface area contributed by atoms with E-state index in [1.54, 1.807) is 18.8 Å². The Balaban J connectivity index is 1.53. The standard InChI is InChI=1S/C19H22N6OS/c1-13-5-6-14(17(8-13)26-2)11-25-7-3-4-16(25)15-9-20-10-18(22-15)23-19-24-21-12-27-19/h5-6,8-10,12,16H,3-4,7,11H2,1-2H3,(H,22,23,24)/t16-/m0/s1. The lowest BCUT2D eigenvalue weighted by molar-refractivity contribution is 0.240. The molecule has 0 aliphatic carbocycles. The Bertz CT molecular complexity index is 901. The summed E-state index contributed by atoms with van der Waals surface area (Å²) < 4.78 is 5.58. The number of anilines is 2. The van der Waals surface area contributed by atoms with Crippen molar-refractivity contribution in [2.24, 2.45) is 0 Å². The minimum Gasteiger partial charge on any atom is -0.496 e. The van der Waals surface area contributed by atoms with Crippen LogP contribution in [0.5, 0.6) is 5.75 Å². The maximum absolute atomic E-state index is 5.58. The monoisotopic (exact) mass is 382 g/mol. The lowest BCUT2D eigenvalue weighted by Gasteiger charge is -2.25. The van der Waals surface area contributed by atoms with Crippen molar-refractivity contribution in [3.05, 3.63) is 52.9 Å². The number of rotatable bonds is 6. The van der Waals surface area contributed by atoms with E-state index in [4.69, 9.17) is 9.72 Å². The summed E-state index contributed by atoms with van der Waals surface area (Å²) >= 11 is 1.44. The second-order valence-electron chi connectivity index (χ2n) is 6.64. The SMILES string of the molecule is COc1cc(C)ccc1CN1CCC[C@H]1c1cncc(Nc2nncs2)n1. The zero-order chi connectivity index (χ0) is 18.6. The van der Waals surface area contributed by atoms with Crippen LogP contribution in [-0.2, 0) is 6.54 Å². The van der Waals surface area contributed by atoms with Gasteiger partial charge in [-0.25, -0.2) is 4.98 Å². The Labute approximate surface area is 162 Å². The lowest BCUT2D eigenvalue weighted by atomic mass is 10.1. The highest BCUT2D eigenvalue weighted by molar-refractivity contribution is 7.13. The predicted octanol–water partition coefficient (Wildman–Crippen LogP) is 3.73. The van der Waals surface area contributed by atoms with Crippen molar-refractivity contribution in [2.45, 2.75) is 32.4 Å². The van der Waals surface area contributed by atoms with Gasteiger partial charge in [-0.1, -0.05) is 23.5 Å². The third-order valence-electron chi connectivity index (χ3n) is 4.77. The molecule has 0 amide bonds. The molecular weight excluding hydrogens is 360 g/mol. The number of likely N-dealkylation sites (tertiary alicyclic amines) is 1. The summed E-state index contributed by atoms with van der Waals surface area (Å²) in [6, 6.07) is 6.63. The fourth-order valence-electron chi connectivity index (χ4n) is 3.49. The third-order valence-corrected chi connectivity index (χ3v) is 5.38. The van der Waals surface area contributed by atoms with Gasteiger partial charge in [0.1, 0.15) is 11.3 Å². The quantitative estimate of drug-likeness (QED) is 0.696. The maximum atomic E-state index is 5.58. The molecule has 1 saturated heterocycles. The van der Waals surface area contributed by atoms with Crippen LogP contribution in [-0.4, -0.2) is 38.7 Å². The van der Waals surface area contributed by atoms with Gasteiger partial charge in [-0.3, -0.25) is 9.88 Å². The van der Waals surface area contributed by atoms with Gasteiger partial charge in [-0.15, -0.1) is 10.2 Å². The molecule has 7 nitrogen and oxygen atoms in total. The Morgan fingerprint density at radius 3 is 3.07 bits per heavy atom. The van der Waals surface area contributed by atoms with Gasteiger partial charge in [0.05, 0.1) is 31.2 Å². The van der Waals surface area contributed by atoms with Gasteiger partial charge in [0.25, 0.3) is 0 Å². The van der Waals surface area contributed by atoms with Gasteiger partial charge >= 0.3 is 0 Å². The van der Waals surface area contributed by atoms with Crippen LogP contribution in [0.2, 0.25) is 0 Å². The van der Waals surface area contributed by atoms with Gasteiger partial charge in [-0.2, -0.15) is 0 Å². The first kappa shape index (κ1) is 17.8. The minimum absolute atomic E-state index is 0.250. The first-order valence-corrected chi connectivity index (χ1v) is 9.83. The minimum atomic E-state index is 0.250. The van der Waals surface area contributed by atoms with Crippen molar-refractivity contribution in [1.82, 2.24) is 25.1 Å². The molecule has 1 aliphatic rings. The van der Waals surface area contributed by atoms with Crippen molar-refractivity contribution in [1.29, 1.82) is 0 Å². The van der Waals surface area contributed by atoms with Crippen LogP contribution in [0.4, 0.5) is 10.9 Å². The van der Waals surface area contributed by atoms with E-state index < -0.39 is 0 Å². The topological polar surface area (TPSA) is 76.1 Å². The maximum Gasteiger partial charge on any atom is 0.211 e.